The summed E-state index contributed by atoms with van der Waals surface area (Å²) in [5.41, 5.74) is 4.18. The number of pyridine rings is 1. The van der Waals surface area contributed by atoms with Gasteiger partial charge in [0.1, 0.15) is 0 Å². The molecule has 3 nitrogen and oxygen atoms in total. The fraction of sp³-hybridized carbons (Fsp3) is 0.0769. The molecule has 4 heteroatoms. The van der Waals surface area contributed by atoms with Crippen molar-refractivity contribution >= 4 is 38.7 Å². The maximum Gasteiger partial charge on any atom is 0.262 e. The molecule has 1 aromatic heterocycles. The average Bonchev–Trinajstić information content (AvgIpc) is 2.75. The first-order chi connectivity index (χ1) is 14.5. The van der Waals surface area contributed by atoms with E-state index in [1.165, 1.54) is 6.08 Å². The van der Waals surface area contributed by atoms with E-state index in [1.807, 2.05) is 79.7 Å². The second kappa shape index (κ2) is 8.25. The van der Waals surface area contributed by atoms with Gasteiger partial charge in [0.25, 0.3) is 5.56 Å². The van der Waals surface area contributed by atoms with Crippen molar-refractivity contribution in [3.63, 3.8) is 0 Å². The van der Waals surface area contributed by atoms with Crippen LogP contribution in [0.2, 0.25) is 0 Å². The fourth-order valence-electron chi connectivity index (χ4n) is 3.68. The van der Waals surface area contributed by atoms with Gasteiger partial charge in [-0.3, -0.25) is 9.59 Å². The predicted octanol–water partition coefficient (Wildman–Crippen LogP) is 6.17. The van der Waals surface area contributed by atoms with E-state index in [9.17, 15) is 9.59 Å². The molecule has 1 heterocycles. The zero-order chi connectivity index (χ0) is 21.3. The number of carbonyl (C=O) groups excluding carboxylic acids is 1. The molecule has 0 aliphatic rings. The molecule has 0 bridgehead atoms. The number of hydrogen-bond acceptors (Lipinski definition) is 2. The van der Waals surface area contributed by atoms with E-state index < -0.39 is 0 Å². The van der Waals surface area contributed by atoms with E-state index in [2.05, 4.69) is 15.9 Å². The molecule has 30 heavy (non-hydrogen) atoms. The van der Waals surface area contributed by atoms with Gasteiger partial charge >= 0.3 is 0 Å². The Balaban J connectivity index is 1.99. The van der Waals surface area contributed by atoms with Crippen LogP contribution in [0.1, 0.15) is 21.5 Å². The summed E-state index contributed by atoms with van der Waals surface area (Å²) in [5.74, 6) is -0.306. The second-order valence-electron chi connectivity index (χ2n) is 7.20. The summed E-state index contributed by atoms with van der Waals surface area (Å²) in [6.45, 7) is 1.99. The fourth-order valence-corrected chi connectivity index (χ4v) is 4.04. The van der Waals surface area contributed by atoms with Crippen LogP contribution in [0.25, 0.3) is 28.1 Å². The minimum absolute atomic E-state index is 0.180. The van der Waals surface area contributed by atoms with Crippen molar-refractivity contribution in [2.24, 2.45) is 7.05 Å². The molecule has 3 aromatic carbocycles. The molecule has 0 fully saturated rings. The van der Waals surface area contributed by atoms with Gasteiger partial charge in [0, 0.05) is 22.5 Å². The number of aromatic nitrogens is 1. The molecule has 0 amide bonds. The quantitative estimate of drug-likeness (QED) is 0.271. The summed E-state index contributed by atoms with van der Waals surface area (Å²) in [7, 11) is 1.70. The topological polar surface area (TPSA) is 39.1 Å². The van der Waals surface area contributed by atoms with Crippen LogP contribution < -0.4 is 5.56 Å². The van der Waals surface area contributed by atoms with Gasteiger partial charge in [-0.2, -0.15) is 0 Å². The Kier molecular flexibility index (Phi) is 5.51. The zero-order valence-electron chi connectivity index (χ0n) is 16.7. The Labute approximate surface area is 183 Å². The summed E-state index contributed by atoms with van der Waals surface area (Å²) in [6, 6.07) is 23.2. The molecule has 0 spiro atoms. The van der Waals surface area contributed by atoms with Crippen molar-refractivity contribution in [1.82, 2.24) is 4.57 Å². The van der Waals surface area contributed by atoms with Gasteiger partial charge in [0.15, 0.2) is 5.78 Å². The Morgan fingerprint density at radius 2 is 1.67 bits per heavy atom. The molecular formula is C26H20BrNO2. The lowest BCUT2D eigenvalue weighted by Gasteiger charge is -2.15. The smallest absolute Gasteiger partial charge is 0.262 e. The Bertz CT molecular complexity index is 1350. The van der Waals surface area contributed by atoms with Gasteiger partial charge in [0.05, 0.1) is 11.1 Å². The first-order valence-corrected chi connectivity index (χ1v) is 10.4. The SMILES string of the molecule is Cc1ccccc1/C=C/C(=O)c1c(-c2ccccc2)c2cc(Br)ccc2n(C)c1=O. The van der Waals surface area contributed by atoms with Gasteiger partial charge in [-0.15, -0.1) is 0 Å². The summed E-state index contributed by atoms with van der Waals surface area (Å²) >= 11 is 3.53. The molecule has 0 aliphatic heterocycles. The van der Waals surface area contributed by atoms with Crippen molar-refractivity contribution in [2.75, 3.05) is 0 Å². The van der Waals surface area contributed by atoms with Crippen LogP contribution >= 0.6 is 15.9 Å². The normalized spacial score (nSPS) is 11.3. The third-order valence-corrected chi connectivity index (χ3v) is 5.76. The lowest BCUT2D eigenvalue weighted by Crippen LogP contribution is -2.25. The van der Waals surface area contributed by atoms with E-state index in [-0.39, 0.29) is 16.9 Å². The maximum absolute atomic E-state index is 13.3. The molecule has 0 atom stereocenters. The number of benzene rings is 3. The highest BCUT2D eigenvalue weighted by Crippen LogP contribution is 2.32. The molecule has 4 rings (SSSR count). The average molecular weight is 458 g/mol. The molecule has 0 unspecified atom stereocenters. The van der Waals surface area contributed by atoms with E-state index >= 15 is 0 Å². The number of carbonyl (C=O) groups is 1. The highest BCUT2D eigenvalue weighted by atomic mass is 79.9. The van der Waals surface area contributed by atoms with Crippen molar-refractivity contribution < 1.29 is 4.79 Å². The van der Waals surface area contributed by atoms with Crippen LogP contribution in [0.15, 0.2) is 88.1 Å². The van der Waals surface area contributed by atoms with Crippen LogP contribution in [0.4, 0.5) is 0 Å². The number of allylic oxidation sites excluding steroid dienone is 1. The largest absolute Gasteiger partial charge is 0.311 e. The number of aryl methyl sites for hydroxylation is 2. The molecule has 0 saturated carbocycles. The number of halogens is 1. The van der Waals surface area contributed by atoms with Gasteiger partial charge in [0.2, 0.25) is 0 Å². The van der Waals surface area contributed by atoms with Crippen LogP contribution in [0, 0.1) is 6.92 Å². The zero-order valence-corrected chi connectivity index (χ0v) is 18.3. The van der Waals surface area contributed by atoms with Crippen molar-refractivity contribution in [2.45, 2.75) is 6.92 Å². The minimum atomic E-state index is -0.306. The van der Waals surface area contributed by atoms with Gasteiger partial charge in [-0.1, -0.05) is 76.6 Å². The molecule has 0 N–H and O–H groups in total. The number of hydrogen-bond donors (Lipinski definition) is 0. The Morgan fingerprint density at radius 3 is 2.40 bits per heavy atom. The number of nitrogens with zero attached hydrogens (tertiary/aromatic N) is 1. The summed E-state index contributed by atoms with van der Waals surface area (Å²) in [5, 5.41) is 0.852. The molecule has 0 saturated heterocycles. The van der Waals surface area contributed by atoms with Crippen molar-refractivity contribution in [1.29, 1.82) is 0 Å². The van der Waals surface area contributed by atoms with E-state index in [4.69, 9.17) is 0 Å². The predicted molar refractivity (Wildman–Crippen MR) is 127 cm³/mol. The third-order valence-electron chi connectivity index (χ3n) is 5.27. The maximum atomic E-state index is 13.3. The first-order valence-electron chi connectivity index (χ1n) is 9.63. The van der Waals surface area contributed by atoms with Gasteiger partial charge < -0.3 is 4.57 Å². The van der Waals surface area contributed by atoms with Gasteiger partial charge in [-0.25, -0.2) is 0 Å². The molecule has 0 radical (unpaired) electrons. The Morgan fingerprint density at radius 1 is 0.967 bits per heavy atom. The standard InChI is InChI=1S/C26H20BrNO2/c1-17-8-6-7-9-18(17)12-15-23(29)25-24(19-10-4-3-5-11-19)21-16-20(27)13-14-22(21)28(2)26(25)30/h3-16H,1-2H3/b15-12+. The van der Waals surface area contributed by atoms with Gasteiger partial charge in [-0.05, 0) is 47.9 Å². The Hall–Kier alpha value is -3.24. The summed E-state index contributed by atoms with van der Waals surface area (Å²) in [4.78, 5) is 26.6. The van der Waals surface area contributed by atoms with E-state index in [0.29, 0.717) is 5.56 Å². The summed E-state index contributed by atoms with van der Waals surface area (Å²) < 4.78 is 2.43. The highest BCUT2D eigenvalue weighted by molar-refractivity contribution is 9.10. The number of ketones is 1. The lowest BCUT2D eigenvalue weighted by atomic mass is 9.93. The van der Waals surface area contributed by atoms with Crippen LogP contribution in [0.3, 0.4) is 0 Å². The van der Waals surface area contributed by atoms with E-state index in [0.717, 1.165) is 32.1 Å². The number of rotatable bonds is 4. The molecule has 148 valence electrons. The molecular weight excluding hydrogens is 438 g/mol. The first kappa shape index (κ1) is 20.0. The monoisotopic (exact) mass is 457 g/mol. The van der Waals surface area contributed by atoms with E-state index in [1.54, 1.807) is 17.7 Å². The van der Waals surface area contributed by atoms with Crippen LogP contribution in [-0.4, -0.2) is 10.4 Å². The van der Waals surface area contributed by atoms with Crippen LogP contribution in [-0.2, 0) is 7.05 Å². The second-order valence-corrected chi connectivity index (χ2v) is 8.11. The highest BCUT2D eigenvalue weighted by Gasteiger charge is 2.21. The number of fused-ring (bicyclic) bond motifs is 1. The molecule has 4 aromatic rings. The van der Waals surface area contributed by atoms with Crippen molar-refractivity contribution in [3.05, 3.63) is 110 Å². The van der Waals surface area contributed by atoms with Crippen LogP contribution in [0.5, 0.6) is 0 Å². The summed E-state index contributed by atoms with van der Waals surface area (Å²) in [6.07, 6.45) is 3.27. The molecule has 0 aliphatic carbocycles. The lowest BCUT2D eigenvalue weighted by molar-refractivity contribution is 0.104. The van der Waals surface area contributed by atoms with Crippen molar-refractivity contribution in [3.8, 4) is 11.1 Å². The minimum Gasteiger partial charge on any atom is -0.311 e. The third kappa shape index (κ3) is 3.66.